The molecule has 10 heteroatoms. The highest BCUT2D eigenvalue weighted by atomic mass is 35.5. The summed E-state index contributed by atoms with van der Waals surface area (Å²) in [7, 11) is 0. The van der Waals surface area contributed by atoms with E-state index in [0.29, 0.717) is 52.4 Å². The van der Waals surface area contributed by atoms with Crippen molar-refractivity contribution in [1.29, 1.82) is 5.26 Å². The van der Waals surface area contributed by atoms with Crippen molar-refractivity contribution in [3.63, 3.8) is 0 Å². The van der Waals surface area contributed by atoms with Gasteiger partial charge in [-0.05, 0) is 42.7 Å². The number of fused-ring (bicyclic) bond motifs is 1. The highest BCUT2D eigenvalue weighted by Gasteiger charge is 2.27. The number of aromatic nitrogens is 4. The summed E-state index contributed by atoms with van der Waals surface area (Å²) < 4.78 is 20.8. The summed E-state index contributed by atoms with van der Waals surface area (Å²) in [5, 5.41) is 26.4. The third-order valence-corrected chi connectivity index (χ3v) is 6.58. The monoisotopic (exact) mass is 489 g/mol. The van der Waals surface area contributed by atoms with E-state index in [1.165, 1.54) is 18.3 Å². The van der Waals surface area contributed by atoms with Crippen molar-refractivity contribution in [2.45, 2.75) is 31.0 Å². The molecular weight excluding hydrogens is 469 g/mol. The van der Waals surface area contributed by atoms with Crippen LogP contribution in [-0.4, -0.2) is 39.2 Å². The van der Waals surface area contributed by atoms with Gasteiger partial charge in [0.15, 0.2) is 0 Å². The maximum atomic E-state index is 13.7. The highest BCUT2D eigenvalue weighted by Crippen LogP contribution is 2.37. The second-order valence-electron chi connectivity index (χ2n) is 8.88. The number of nitriles is 1. The Morgan fingerprint density at radius 3 is 2.69 bits per heavy atom. The second-order valence-corrected chi connectivity index (χ2v) is 9.28. The van der Waals surface area contributed by atoms with Gasteiger partial charge in [0.1, 0.15) is 17.6 Å². The molecule has 0 amide bonds. The molecule has 1 unspecified atom stereocenters. The van der Waals surface area contributed by atoms with E-state index in [-0.39, 0.29) is 17.9 Å². The van der Waals surface area contributed by atoms with Crippen molar-refractivity contribution in [1.82, 2.24) is 20.0 Å². The quantitative estimate of drug-likeness (QED) is 0.383. The average Bonchev–Trinajstić information content (AvgIpc) is 3.57. The van der Waals surface area contributed by atoms with Crippen molar-refractivity contribution >= 4 is 33.9 Å². The normalized spacial score (nSPS) is 16.5. The first-order valence-electron chi connectivity index (χ1n) is 11.4. The molecule has 1 saturated carbocycles. The Labute approximate surface area is 205 Å². The lowest BCUT2D eigenvalue weighted by molar-refractivity contribution is 0.0211. The number of rotatable bonds is 7. The molecule has 0 bridgehead atoms. The van der Waals surface area contributed by atoms with Crippen LogP contribution in [0.25, 0.3) is 10.9 Å². The van der Waals surface area contributed by atoms with Gasteiger partial charge in [-0.25, -0.2) is 9.07 Å². The summed E-state index contributed by atoms with van der Waals surface area (Å²) in [5.41, 5.74) is 3.96. The van der Waals surface area contributed by atoms with Crippen molar-refractivity contribution in [3.05, 3.63) is 76.5 Å². The average molecular weight is 490 g/mol. The number of hydrogen-bond acceptors (Lipinski definition) is 7. The van der Waals surface area contributed by atoms with Crippen LogP contribution in [-0.2, 0) is 4.74 Å². The van der Waals surface area contributed by atoms with Gasteiger partial charge in [0.25, 0.3) is 0 Å². The summed E-state index contributed by atoms with van der Waals surface area (Å²) >= 11 is 6.64. The molecule has 0 radical (unpaired) electrons. The molecule has 1 aliphatic heterocycles. The van der Waals surface area contributed by atoms with Crippen LogP contribution in [0.5, 0.6) is 0 Å². The van der Waals surface area contributed by atoms with Gasteiger partial charge in [-0.3, -0.25) is 4.98 Å². The Balaban J connectivity index is 1.42. The fourth-order valence-corrected chi connectivity index (χ4v) is 4.46. The number of halogens is 2. The van der Waals surface area contributed by atoms with Crippen LogP contribution >= 0.6 is 11.6 Å². The van der Waals surface area contributed by atoms with E-state index in [0.717, 1.165) is 23.8 Å². The molecule has 1 saturated heterocycles. The summed E-state index contributed by atoms with van der Waals surface area (Å²) in [6.45, 7) is 1.15. The fourth-order valence-electron chi connectivity index (χ4n) is 4.20. The van der Waals surface area contributed by atoms with Gasteiger partial charge < -0.3 is 15.4 Å². The van der Waals surface area contributed by atoms with Crippen molar-refractivity contribution in [2.75, 3.05) is 23.8 Å². The molecule has 2 aliphatic rings. The molecule has 3 heterocycles. The van der Waals surface area contributed by atoms with Gasteiger partial charge in [-0.15, -0.1) is 5.10 Å². The fraction of sp³-hybridized carbons (Fsp3) is 0.280. The van der Waals surface area contributed by atoms with Crippen LogP contribution in [0.4, 0.5) is 15.8 Å². The first kappa shape index (κ1) is 21.8. The Hall–Kier alpha value is -3.74. The van der Waals surface area contributed by atoms with Crippen molar-refractivity contribution in [3.8, 4) is 6.07 Å². The zero-order valence-corrected chi connectivity index (χ0v) is 19.3. The lowest BCUT2D eigenvalue weighted by atomic mass is 10.0. The van der Waals surface area contributed by atoms with Gasteiger partial charge in [-0.1, -0.05) is 28.9 Å². The molecular formula is C25H21ClFN7O. The van der Waals surface area contributed by atoms with Gasteiger partial charge in [0, 0.05) is 17.3 Å². The molecule has 2 fully saturated rings. The third-order valence-electron chi connectivity index (χ3n) is 6.29. The number of pyridine rings is 1. The van der Waals surface area contributed by atoms with E-state index >= 15 is 0 Å². The summed E-state index contributed by atoms with van der Waals surface area (Å²) in [4.78, 5) is 4.42. The lowest BCUT2D eigenvalue weighted by Crippen LogP contribution is -2.40. The Kier molecular flexibility index (Phi) is 5.47. The van der Waals surface area contributed by atoms with Gasteiger partial charge >= 0.3 is 0 Å². The first-order chi connectivity index (χ1) is 17.1. The number of ether oxygens (including phenoxy) is 1. The van der Waals surface area contributed by atoms with Crippen LogP contribution in [0.1, 0.15) is 41.7 Å². The minimum atomic E-state index is -0.389. The van der Waals surface area contributed by atoms with Crippen LogP contribution in [0.3, 0.4) is 0 Å². The van der Waals surface area contributed by atoms with E-state index in [1.807, 2.05) is 16.9 Å². The molecule has 35 heavy (non-hydrogen) atoms. The third kappa shape index (κ3) is 4.27. The first-order valence-corrected chi connectivity index (χ1v) is 11.8. The standard InChI is InChI=1S/C25H21ClFN7O/c26-21-8-17(7-20-23(31-18-12-35-13-18)15(9-28)10-29-25(20)21)30-24(14-1-3-16(27)4-2-14)22-11-34(33-32-22)19-5-6-19/h1-4,7-8,10-11,18-19,24,30H,5-6,12-13H2,(H,29,31). The SMILES string of the molecule is N#Cc1cnc2c(Cl)cc(NC(c3ccc(F)cc3)c3cn(C4CC4)nn3)cc2c1NC1COC1. The van der Waals surface area contributed by atoms with E-state index in [4.69, 9.17) is 16.3 Å². The van der Waals surface area contributed by atoms with Crippen LogP contribution in [0, 0.1) is 17.1 Å². The molecule has 0 spiro atoms. The Morgan fingerprint density at radius 1 is 1.20 bits per heavy atom. The Morgan fingerprint density at radius 2 is 2.00 bits per heavy atom. The maximum Gasteiger partial charge on any atom is 0.123 e. The molecule has 1 atom stereocenters. The molecule has 4 aromatic rings. The predicted octanol–water partition coefficient (Wildman–Crippen LogP) is 4.84. The number of nitrogens with zero attached hydrogens (tertiary/aromatic N) is 5. The minimum absolute atomic E-state index is 0.118. The van der Waals surface area contributed by atoms with Crippen LogP contribution in [0.15, 0.2) is 48.8 Å². The maximum absolute atomic E-state index is 13.7. The van der Waals surface area contributed by atoms with Gasteiger partial charge in [-0.2, -0.15) is 5.26 Å². The van der Waals surface area contributed by atoms with E-state index in [9.17, 15) is 9.65 Å². The van der Waals surface area contributed by atoms with E-state index in [2.05, 4.69) is 32.0 Å². The smallest absolute Gasteiger partial charge is 0.123 e. The molecule has 176 valence electrons. The molecule has 2 aromatic heterocycles. The largest absolute Gasteiger partial charge is 0.377 e. The molecule has 6 rings (SSSR count). The van der Waals surface area contributed by atoms with Crippen molar-refractivity contribution < 1.29 is 9.13 Å². The summed E-state index contributed by atoms with van der Waals surface area (Å²) in [6, 6.07) is 12.3. The van der Waals surface area contributed by atoms with Crippen LogP contribution in [0.2, 0.25) is 5.02 Å². The second kappa shape index (κ2) is 8.80. The predicted molar refractivity (Wildman–Crippen MR) is 130 cm³/mol. The summed E-state index contributed by atoms with van der Waals surface area (Å²) in [6.07, 6.45) is 5.64. The molecule has 8 nitrogen and oxygen atoms in total. The lowest BCUT2D eigenvalue weighted by Gasteiger charge is -2.29. The number of anilines is 2. The molecule has 2 N–H and O–H groups in total. The van der Waals surface area contributed by atoms with E-state index in [1.54, 1.807) is 18.2 Å². The highest BCUT2D eigenvalue weighted by molar-refractivity contribution is 6.35. The Bertz CT molecular complexity index is 1440. The van der Waals surface area contributed by atoms with E-state index < -0.39 is 0 Å². The number of hydrogen-bond donors (Lipinski definition) is 2. The minimum Gasteiger partial charge on any atom is -0.377 e. The van der Waals surface area contributed by atoms with Gasteiger partial charge in [0.2, 0.25) is 0 Å². The molecule has 2 aromatic carbocycles. The van der Waals surface area contributed by atoms with Crippen molar-refractivity contribution in [2.24, 2.45) is 0 Å². The van der Waals surface area contributed by atoms with Gasteiger partial charge in [0.05, 0.1) is 59.3 Å². The number of benzene rings is 2. The zero-order valence-electron chi connectivity index (χ0n) is 18.6. The zero-order chi connectivity index (χ0) is 23.9. The number of nitrogens with one attached hydrogen (secondary N) is 2. The van der Waals surface area contributed by atoms with Crippen LogP contribution < -0.4 is 10.6 Å². The summed E-state index contributed by atoms with van der Waals surface area (Å²) in [5.74, 6) is -0.311. The molecule has 1 aliphatic carbocycles. The topological polar surface area (TPSA) is 101 Å².